The molecule has 0 unspecified atom stereocenters. The Morgan fingerprint density at radius 2 is 1.86 bits per heavy atom. The van der Waals surface area contributed by atoms with Gasteiger partial charge in [-0.1, -0.05) is 13.3 Å². The molecule has 0 fully saturated rings. The van der Waals surface area contributed by atoms with Crippen LogP contribution in [0.2, 0.25) is 0 Å². The summed E-state index contributed by atoms with van der Waals surface area (Å²) in [6.07, 6.45) is 1.55. The highest BCUT2D eigenvalue weighted by Gasteiger charge is 2.07. The lowest BCUT2D eigenvalue weighted by Gasteiger charge is -2.02. The predicted octanol–water partition coefficient (Wildman–Crippen LogP) is -0.700. The molecule has 0 aliphatic heterocycles. The van der Waals surface area contributed by atoms with E-state index >= 15 is 0 Å². The van der Waals surface area contributed by atoms with Gasteiger partial charge in [-0.15, -0.1) is 0 Å². The van der Waals surface area contributed by atoms with Crippen molar-refractivity contribution in [2.24, 2.45) is 7.05 Å². The molecule has 0 amide bonds. The van der Waals surface area contributed by atoms with E-state index < -0.39 is 17.2 Å². The average Bonchev–Trinajstić information content (AvgIpc) is 2.14. The second-order valence-electron chi connectivity index (χ2n) is 2.98. The Labute approximate surface area is 79.4 Å². The van der Waals surface area contributed by atoms with Crippen LogP contribution in [0.1, 0.15) is 19.8 Å². The summed E-state index contributed by atoms with van der Waals surface area (Å²) in [5.41, 5.74) is -0.625. The van der Waals surface area contributed by atoms with Gasteiger partial charge in [0.15, 0.2) is 0 Å². The highest BCUT2D eigenvalue weighted by atomic mass is 16.5. The van der Waals surface area contributed by atoms with E-state index in [1.807, 2.05) is 6.92 Å². The van der Waals surface area contributed by atoms with Crippen LogP contribution in [0.4, 0.5) is 0 Å². The van der Waals surface area contributed by atoms with Gasteiger partial charge in [0, 0.05) is 13.6 Å². The van der Waals surface area contributed by atoms with Crippen molar-refractivity contribution in [1.82, 2.24) is 9.13 Å². The van der Waals surface area contributed by atoms with E-state index in [9.17, 15) is 14.4 Å². The van der Waals surface area contributed by atoms with Crippen LogP contribution in [-0.2, 0) is 13.6 Å². The summed E-state index contributed by atoms with van der Waals surface area (Å²) in [4.78, 5) is 33.4. The lowest BCUT2D eigenvalue weighted by atomic mass is 10.3. The molecule has 0 spiro atoms. The molecule has 1 aromatic heterocycles. The molecule has 6 nitrogen and oxygen atoms in total. The fourth-order valence-electron chi connectivity index (χ4n) is 1.04. The first-order valence-corrected chi connectivity index (χ1v) is 4.39. The number of rotatable bonds is 3. The molecule has 0 aliphatic carbocycles. The molecule has 78 valence electrons. The highest BCUT2D eigenvalue weighted by Crippen LogP contribution is 1.86. The summed E-state index contributed by atoms with van der Waals surface area (Å²) in [5.74, 6) is -1.81. The van der Waals surface area contributed by atoms with Gasteiger partial charge < -0.3 is 4.42 Å². The summed E-state index contributed by atoms with van der Waals surface area (Å²) in [5, 5.41) is 0. The zero-order valence-corrected chi connectivity index (χ0v) is 8.15. The lowest BCUT2D eigenvalue weighted by Crippen LogP contribution is -2.45. The normalized spacial score (nSPS) is 10.4. The maximum atomic E-state index is 11.4. The van der Waals surface area contributed by atoms with Gasteiger partial charge in [0.2, 0.25) is 0 Å². The molecular formula is C8H12N2O4. The van der Waals surface area contributed by atoms with Gasteiger partial charge in [-0.05, 0) is 6.42 Å². The molecule has 0 saturated heterocycles. The highest BCUT2D eigenvalue weighted by molar-refractivity contribution is 4.67. The minimum Gasteiger partial charge on any atom is -0.358 e. The first-order valence-electron chi connectivity index (χ1n) is 4.39. The number of aromatic nitrogens is 2. The number of nitrogens with zero attached hydrogens (tertiary/aromatic N) is 2. The largest absolute Gasteiger partial charge is 0.427 e. The standard InChI is InChI=1S/C8H12N2O4/c1-3-4-5-10-6(11)9(2)7(12)14-8(10)13/h3-5H2,1-2H3. The molecule has 6 heteroatoms. The van der Waals surface area contributed by atoms with E-state index in [4.69, 9.17) is 0 Å². The van der Waals surface area contributed by atoms with Gasteiger partial charge >= 0.3 is 17.2 Å². The first kappa shape index (κ1) is 10.5. The van der Waals surface area contributed by atoms with E-state index in [2.05, 4.69) is 4.42 Å². The SMILES string of the molecule is CCCCn1c(=O)oc(=O)n(C)c1=O. The van der Waals surface area contributed by atoms with Crippen LogP contribution >= 0.6 is 0 Å². The van der Waals surface area contributed by atoms with Crippen molar-refractivity contribution in [2.45, 2.75) is 26.3 Å². The minimum absolute atomic E-state index is 0.284. The lowest BCUT2D eigenvalue weighted by molar-refractivity contribution is 0.332. The average molecular weight is 200 g/mol. The summed E-state index contributed by atoms with van der Waals surface area (Å²) in [6, 6.07) is 0. The molecule has 1 heterocycles. The first-order chi connectivity index (χ1) is 6.57. The molecule has 0 bridgehead atoms. The molecule has 1 rings (SSSR count). The van der Waals surface area contributed by atoms with Crippen LogP contribution in [0.3, 0.4) is 0 Å². The molecule has 0 saturated carbocycles. The topological polar surface area (TPSA) is 74.2 Å². The van der Waals surface area contributed by atoms with Crippen molar-refractivity contribution in [2.75, 3.05) is 0 Å². The summed E-state index contributed by atoms with van der Waals surface area (Å²) in [7, 11) is 1.27. The molecule has 0 aliphatic rings. The Bertz CT molecular complexity index is 479. The second-order valence-corrected chi connectivity index (χ2v) is 2.98. The molecule has 0 N–H and O–H groups in total. The summed E-state index contributed by atoms with van der Waals surface area (Å²) >= 11 is 0. The van der Waals surface area contributed by atoms with Crippen LogP contribution in [0.5, 0.6) is 0 Å². The summed E-state index contributed by atoms with van der Waals surface area (Å²) < 4.78 is 6.03. The van der Waals surface area contributed by atoms with Gasteiger partial charge in [0.25, 0.3) is 0 Å². The van der Waals surface area contributed by atoms with Crippen LogP contribution in [-0.4, -0.2) is 9.13 Å². The third kappa shape index (κ3) is 1.84. The fourth-order valence-corrected chi connectivity index (χ4v) is 1.04. The van der Waals surface area contributed by atoms with Crippen LogP contribution in [0, 0.1) is 0 Å². The Balaban J connectivity index is 3.31. The zero-order valence-electron chi connectivity index (χ0n) is 8.15. The monoisotopic (exact) mass is 200 g/mol. The number of unbranched alkanes of at least 4 members (excludes halogenated alkanes) is 1. The molecule has 0 radical (unpaired) electrons. The molecule has 1 aromatic rings. The van der Waals surface area contributed by atoms with Crippen molar-refractivity contribution in [3.63, 3.8) is 0 Å². The van der Waals surface area contributed by atoms with E-state index in [-0.39, 0.29) is 6.54 Å². The van der Waals surface area contributed by atoms with E-state index in [1.54, 1.807) is 0 Å². The number of hydrogen-bond acceptors (Lipinski definition) is 4. The van der Waals surface area contributed by atoms with E-state index in [1.165, 1.54) is 7.05 Å². The Morgan fingerprint density at radius 1 is 1.21 bits per heavy atom. The van der Waals surface area contributed by atoms with Crippen LogP contribution < -0.4 is 17.2 Å². The summed E-state index contributed by atoms with van der Waals surface area (Å²) in [6.45, 7) is 2.22. The predicted molar refractivity (Wildman–Crippen MR) is 49.4 cm³/mol. The van der Waals surface area contributed by atoms with Gasteiger partial charge in [0.1, 0.15) is 0 Å². The number of hydrogen-bond donors (Lipinski definition) is 0. The molecule has 0 aromatic carbocycles. The van der Waals surface area contributed by atoms with Crippen molar-refractivity contribution in [3.8, 4) is 0 Å². The second kappa shape index (κ2) is 4.08. The Hall–Kier alpha value is -1.59. The van der Waals surface area contributed by atoms with Gasteiger partial charge in [0.05, 0.1) is 0 Å². The third-order valence-corrected chi connectivity index (χ3v) is 1.92. The minimum atomic E-state index is -0.923. The van der Waals surface area contributed by atoms with Crippen LogP contribution in [0.25, 0.3) is 0 Å². The maximum absolute atomic E-state index is 11.4. The van der Waals surface area contributed by atoms with E-state index in [0.29, 0.717) is 6.42 Å². The van der Waals surface area contributed by atoms with Gasteiger partial charge in [-0.2, -0.15) is 0 Å². The van der Waals surface area contributed by atoms with Crippen molar-refractivity contribution in [1.29, 1.82) is 0 Å². The van der Waals surface area contributed by atoms with Crippen molar-refractivity contribution in [3.05, 3.63) is 31.6 Å². The third-order valence-electron chi connectivity index (χ3n) is 1.92. The Kier molecular flexibility index (Phi) is 3.06. The quantitative estimate of drug-likeness (QED) is 0.646. The maximum Gasteiger partial charge on any atom is 0.427 e. The van der Waals surface area contributed by atoms with E-state index in [0.717, 1.165) is 15.6 Å². The van der Waals surface area contributed by atoms with Gasteiger partial charge in [-0.25, -0.2) is 23.5 Å². The van der Waals surface area contributed by atoms with Crippen LogP contribution in [0.15, 0.2) is 18.8 Å². The molecule has 0 atom stereocenters. The van der Waals surface area contributed by atoms with Crippen molar-refractivity contribution < 1.29 is 4.42 Å². The molecule has 14 heavy (non-hydrogen) atoms. The fraction of sp³-hybridized carbons (Fsp3) is 0.625. The Morgan fingerprint density at radius 3 is 2.43 bits per heavy atom. The van der Waals surface area contributed by atoms with Gasteiger partial charge in [-0.3, -0.25) is 0 Å². The molecular weight excluding hydrogens is 188 g/mol. The van der Waals surface area contributed by atoms with Crippen molar-refractivity contribution >= 4 is 0 Å². The zero-order chi connectivity index (χ0) is 10.7. The smallest absolute Gasteiger partial charge is 0.358 e.